The summed E-state index contributed by atoms with van der Waals surface area (Å²) in [6, 6.07) is 6.56. The second kappa shape index (κ2) is 16.0. The van der Waals surface area contributed by atoms with Crippen LogP contribution in [0.3, 0.4) is 0 Å². The van der Waals surface area contributed by atoms with Crippen molar-refractivity contribution in [2.45, 2.75) is 123 Å². The largest absolute Gasteiger partial charge is 0.239 e. The molecule has 3 unspecified atom stereocenters. The Kier molecular flexibility index (Phi) is 13.5. The first-order valence-corrected chi connectivity index (χ1v) is 14.4. The van der Waals surface area contributed by atoms with Gasteiger partial charge >= 0.3 is 0 Å². The molecule has 3 atom stereocenters. The number of fused-ring (bicyclic) bond motifs is 3. The fourth-order valence-corrected chi connectivity index (χ4v) is 4.74. The zero-order valence-electron chi connectivity index (χ0n) is 23.3. The number of benzene rings is 2. The second-order valence-corrected chi connectivity index (χ2v) is 10.3. The molecule has 0 saturated heterocycles. The Morgan fingerprint density at radius 3 is 1.86 bits per heavy atom. The van der Waals surface area contributed by atoms with Crippen LogP contribution in [0.2, 0.25) is 0 Å². The lowest BCUT2D eigenvalue weighted by molar-refractivity contribution is 0.160. The minimum absolute atomic E-state index is 0.0551. The van der Waals surface area contributed by atoms with E-state index in [1.807, 2.05) is 13.0 Å². The average Bonchev–Trinajstić information content (AvgIpc) is 3.76. The smallest absolute Gasteiger partial charge is 0.164 e. The molecule has 206 valence electrons. The predicted octanol–water partition coefficient (Wildman–Crippen LogP) is 11.8. The van der Waals surface area contributed by atoms with Crippen LogP contribution in [0.5, 0.6) is 0 Å². The van der Waals surface area contributed by atoms with Crippen molar-refractivity contribution in [2.75, 3.05) is 0 Å². The lowest BCUT2D eigenvalue weighted by Crippen LogP contribution is -2.17. The normalized spacial score (nSPS) is 17.8. The zero-order chi connectivity index (χ0) is 27.4. The van der Waals surface area contributed by atoms with E-state index in [-0.39, 0.29) is 28.2 Å². The predicted molar refractivity (Wildman–Crippen MR) is 150 cm³/mol. The van der Waals surface area contributed by atoms with Gasteiger partial charge in [0.1, 0.15) is 11.6 Å². The first kappa shape index (κ1) is 31.1. The number of hydrogen-bond acceptors (Lipinski definition) is 0. The van der Waals surface area contributed by atoms with E-state index in [4.69, 9.17) is 0 Å². The lowest BCUT2D eigenvalue weighted by Gasteiger charge is -2.29. The molecule has 1 fully saturated rings. The van der Waals surface area contributed by atoms with Gasteiger partial charge in [0, 0.05) is 11.1 Å². The number of allylic oxidation sites excluding steroid dienone is 1. The summed E-state index contributed by atoms with van der Waals surface area (Å²) >= 11 is 0. The number of aryl methyl sites for hydroxylation is 1. The first-order chi connectivity index (χ1) is 17.9. The summed E-state index contributed by atoms with van der Waals surface area (Å²) in [6.07, 6.45) is 9.50. The molecule has 1 saturated carbocycles. The van der Waals surface area contributed by atoms with Gasteiger partial charge in [-0.2, -0.15) is 0 Å². The van der Waals surface area contributed by atoms with E-state index in [9.17, 15) is 4.39 Å². The van der Waals surface area contributed by atoms with Crippen LogP contribution in [0, 0.1) is 11.6 Å². The van der Waals surface area contributed by atoms with Crippen LogP contribution in [0.25, 0.3) is 11.1 Å². The Morgan fingerprint density at radius 2 is 1.35 bits per heavy atom. The van der Waals surface area contributed by atoms with Crippen molar-refractivity contribution in [3.05, 3.63) is 70.8 Å². The van der Waals surface area contributed by atoms with Crippen LogP contribution in [0.15, 0.2) is 36.9 Å². The number of unbranched alkanes of at least 4 members (excludes halogenated alkanes) is 2. The molecule has 4 heteroatoms. The van der Waals surface area contributed by atoms with Gasteiger partial charge in [0.2, 0.25) is 0 Å². The summed E-state index contributed by atoms with van der Waals surface area (Å²) in [4.78, 5) is 0. The Labute approximate surface area is 222 Å². The van der Waals surface area contributed by atoms with Crippen molar-refractivity contribution < 1.29 is 17.6 Å². The third-order valence-electron chi connectivity index (χ3n) is 6.75. The van der Waals surface area contributed by atoms with E-state index in [0.717, 1.165) is 38.5 Å². The van der Waals surface area contributed by atoms with Gasteiger partial charge in [0.15, 0.2) is 12.3 Å². The minimum atomic E-state index is -2.21. The molecule has 2 aromatic rings. The molecule has 0 N–H and O–H groups in total. The Bertz CT molecular complexity index is 976. The standard InChI is InChI=1S/C27H32F4.C3H6.C3H8/c1-4-7-9-12-17(11-8-5-2)19-15-16-21-20-14-13-18(10-6-3)24(28)22(20)26(30)27(31)23(21)25(19)29;1-2-3-1;1-3-2/h4,13-17,26-27H,1,5-12H2,2-3H3;1-3H2;3H2,1-2H3. The van der Waals surface area contributed by atoms with E-state index >= 15 is 13.2 Å². The maximum absolute atomic E-state index is 15.6. The number of alkyl halides is 2. The van der Waals surface area contributed by atoms with Crippen LogP contribution in [-0.2, 0) is 6.42 Å². The highest BCUT2D eigenvalue weighted by Gasteiger charge is 2.40. The van der Waals surface area contributed by atoms with Gasteiger partial charge in [-0.05, 0) is 60.3 Å². The number of halogens is 4. The molecule has 2 aliphatic carbocycles. The Hall–Kier alpha value is -2.10. The van der Waals surface area contributed by atoms with Crippen molar-refractivity contribution in [3.63, 3.8) is 0 Å². The minimum Gasteiger partial charge on any atom is -0.239 e. The molecule has 0 radical (unpaired) electrons. The third kappa shape index (κ3) is 8.19. The lowest BCUT2D eigenvalue weighted by atomic mass is 9.78. The van der Waals surface area contributed by atoms with Crippen LogP contribution in [0.4, 0.5) is 17.6 Å². The Balaban J connectivity index is 0.000000715. The topological polar surface area (TPSA) is 0 Å². The zero-order valence-corrected chi connectivity index (χ0v) is 23.3. The summed E-state index contributed by atoms with van der Waals surface area (Å²) in [5.41, 5.74) is 0.809. The molecule has 37 heavy (non-hydrogen) atoms. The average molecular weight is 519 g/mol. The van der Waals surface area contributed by atoms with E-state index in [1.54, 1.807) is 24.3 Å². The van der Waals surface area contributed by atoms with Crippen molar-refractivity contribution in [1.29, 1.82) is 0 Å². The van der Waals surface area contributed by atoms with Gasteiger partial charge in [0.05, 0.1) is 0 Å². The molecule has 0 nitrogen and oxygen atoms in total. The third-order valence-corrected chi connectivity index (χ3v) is 6.75. The summed E-state index contributed by atoms with van der Waals surface area (Å²) in [7, 11) is 0. The van der Waals surface area contributed by atoms with E-state index < -0.39 is 24.0 Å². The molecule has 0 amide bonds. The fourth-order valence-electron chi connectivity index (χ4n) is 4.74. The summed E-state index contributed by atoms with van der Waals surface area (Å²) in [5.74, 6) is -1.42. The first-order valence-electron chi connectivity index (χ1n) is 14.4. The van der Waals surface area contributed by atoms with Crippen molar-refractivity contribution in [1.82, 2.24) is 0 Å². The maximum atomic E-state index is 15.6. The van der Waals surface area contributed by atoms with E-state index in [0.29, 0.717) is 24.0 Å². The van der Waals surface area contributed by atoms with Crippen LogP contribution >= 0.6 is 0 Å². The number of rotatable bonds is 10. The molecule has 2 aromatic carbocycles. The number of hydrogen-bond donors (Lipinski definition) is 0. The highest BCUT2D eigenvalue weighted by atomic mass is 19.2. The second-order valence-electron chi connectivity index (χ2n) is 10.3. The van der Waals surface area contributed by atoms with Crippen molar-refractivity contribution in [2.24, 2.45) is 0 Å². The van der Waals surface area contributed by atoms with Gasteiger partial charge in [-0.3, -0.25) is 0 Å². The maximum Gasteiger partial charge on any atom is 0.164 e. The molecular formula is C33H46F4. The molecule has 0 aliphatic heterocycles. The molecule has 2 aliphatic rings. The van der Waals surface area contributed by atoms with Crippen LogP contribution in [0.1, 0.15) is 139 Å². The van der Waals surface area contributed by atoms with Gasteiger partial charge in [-0.25, -0.2) is 17.6 Å². The molecular weight excluding hydrogens is 472 g/mol. The van der Waals surface area contributed by atoms with Gasteiger partial charge < -0.3 is 0 Å². The molecule has 4 rings (SSSR count). The highest BCUT2D eigenvalue weighted by Crippen LogP contribution is 2.51. The van der Waals surface area contributed by atoms with Gasteiger partial charge in [-0.15, -0.1) is 6.58 Å². The summed E-state index contributed by atoms with van der Waals surface area (Å²) in [6.45, 7) is 12.0. The molecule has 0 heterocycles. The van der Waals surface area contributed by atoms with E-state index in [1.165, 1.54) is 25.7 Å². The van der Waals surface area contributed by atoms with Gasteiger partial charge in [-0.1, -0.05) is 103 Å². The van der Waals surface area contributed by atoms with Gasteiger partial charge in [0.25, 0.3) is 0 Å². The fraction of sp³-hybridized carbons (Fsp3) is 0.576. The van der Waals surface area contributed by atoms with Crippen LogP contribution < -0.4 is 0 Å². The SMILES string of the molecule is C1CC1.C=CCCCC(CCCC)c1ccc2c(c1F)C(F)C(F)c1c-2ccc(CCC)c1F.CCC. The van der Waals surface area contributed by atoms with E-state index in [2.05, 4.69) is 27.4 Å². The van der Waals surface area contributed by atoms with Crippen LogP contribution in [-0.4, -0.2) is 0 Å². The van der Waals surface area contributed by atoms with Crippen molar-refractivity contribution in [3.8, 4) is 11.1 Å². The summed E-state index contributed by atoms with van der Waals surface area (Å²) < 4.78 is 60.9. The van der Waals surface area contributed by atoms with Crippen molar-refractivity contribution >= 4 is 0 Å². The molecule has 0 spiro atoms. The Morgan fingerprint density at radius 1 is 0.811 bits per heavy atom. The molecule has 0 bridgehead atoms. The molecule has 0 aromatic heterocycles. The summed E-state index contributed by atoms with van der Waals surface area (Å²) in [5, 5.41) is 0. The monoisotopic (exact) mass is 518 g/mol. The highest BCUT2D eigenvalue weighted by molar-refractivity contribution is 5.76. The quantitative estimate of drug-likeness (QED) is 0.167.